The third-order valence-corrected chi connectivity index (χ3v) is 1.99. The van der Waals surface area contributed by atoms with Gasteiger partial charge in [-0.15, -0.1) is 0 Å². The fourth-order valence-electron chi connectivity index (χ4n) is 1.29. The number of benzene rings is 1. The van der Waals surface area contributed by atoms with Gasteiger partial charge >= 0.3 is 11.3 Å². The quantitative estimate of drug-likeness (QED) is 0.621. The Kier molecular flexibility index (Phi) is 1.89. The molecule has 0 radical (unpaired) electrons. The first-order valence-electron chi connectivity index (χ1n) is 4.17. The lowest BCUT2D eigenvalue weighted by Gasteiger charge is -1.96. The topological polar surface area (TPSA) is 20.5 Å². The number of hydrogen-bond donors (Lipinski definition) is 0. The molecule has 1 heterocycles. The Morgan fingerprint density at radius 3 is 2.77 bits per heavy atom. The largest absolute Gasteiger partial charge is 0.497 e. The van der Waals surface area contributed by atoms with Crippen LogP contribution in [0.5, 0.6) is 5.75 Å². The van der Waals surface area contributed by atoms with Crippen LogP contribution in [0.3, 0.4) is 0 Å². The van der Waals surface area contributed by atoms with Crippen LogP contribution in [0.25, 0.3) is 11.0 Å². The Hall–Kier alpha value is -1.57. The van der Waals surface area contributed by atoms with E-state index in [1.807, 2.05) is 37.3 Å². The summed E-state index contributed by atoms with van der Waals surface area (Å²) >= 11 is 0. The molecule has 0 saturated heterocycles. The highest BCUT2D eigenvalue weighted by molar-refractivity contribution is 5.78. The number of aryl methyl sites for hydroxylation is 1. The summed E-state index contributed by atoms with van der Waals surface area (Å²) in [5.74, 6) is 1.77. The van der Waals surface area contributed by atoms with Crippen molar-refractivity contribution in [3.8, 4) is 5.75 Å². The third-order valence-electron chi connectivity index (χ3n) is 1.99. The summed E-state index contributed by atoms with van der Waals surface area (Å²) in [6.07, 6.45) is 0. The van der Waals surface area contributed by atoms with Gasteiger partial charge in [0.1, 0.15) is 5.75 Å². The summed E-state index contributed by atoms with van der Waals surface area (Å²) in [6, 6.07) is 9.74. The number of hydrogen-bond acceptors (Lipinski definition) is 1. The van der Waals surface area contributed by atoms with Gasteiger partial charge in [0.2, 0.25) is 0 Å². The minimum atomic E-state index is 0.853. The normalized spacial score (nSPS) is 10.3. The maximum absolute atomic E-state index is 5.51. The standard InChI is InChI=1S/C11H11O2/c1-8-3-4-9-7-10(12-2)5-6-11(9)13-8/h3-7H,1-2H3/q+1. The molecule has 0 bridgehead atoms. The summed E-state index contributed by atoms with van der Waals surface area (Å²) in [4.78, 5) is 0. The monoisotopic (exact) mass is 175 g/mol. The van der Waals surface area contributed by atoms with Gasteiger partial charge in [0, 0.05) is 12.1 Å². The predicted octanol–water partition coefficient (Wildman–Crippen LogP) is 3.03. The molecule has 13 heavy (non-hydrogen) atoms. The van der Waals surface area contributed by atoms with E-state index in [-0.39, 0.29) is 0 Å². The lowest BCUT2D eigenvalue weighted by molar-refractivity contribution is 0.415. The second-order valence-electron chi connectivity index (χ2n) is 2.95. The van der Waals surface area contributed by atoms with Crippen LogP contribution in [-0.2, 0) is 0 Å². The molecular formula is C11H11O2+. The molecule has 0 unspecified atom stereocenters. The predicted molar refractivity (Wildman–Crippen MR) is 51.9 cm³/mol. The molecule has 0 aliphatic heterocycles. The Morgan fingerprint density at radius 2 is 2.00 bits per heavy atom. The van der Waals surface area contributed by atoms with E-state index in [2.05, 4.69) is 0 Å². The fourth-order valence-corrected chi connectivity index (χ4v) is 1.29. The van der Waals surface area contributed by atoms with E-state index in [1.54, 1.807) is 7.11 Å². The van der Waals surface area contributed by atoms with Gasteiger partial charge in [-0.1, -0.05) is 0 Å². The molecule has 1 aromatic heterocycles. The molecule has 0 saturated carbocycles. The number of fused-ring (bicyclic) bond motifs is 1. The van der Waals surface area contributed by atoms with E-state index in [0.29, 0.717) is 0 Å². The van der Waals surface area contributed by atoms with Crippen LogP contribution in [0.15, 0.2) is 34.7 Å². The first-order valence-corrected chi connectivity index (χ1v) is 4.17. The van der Waals surface area contributed by atoms with E-state index in [0.717, 1.165) is 22.5 Å². The van der Waals surface area contributed by atoms with Crippen molar-refractivity contribution >= 4 is 11.0 Å². The van der Waals surface area contributed by atoms with Crippen LogP contribution in [0.2, 0.25) is 0 Å². The molecule has 2 rings (SSSR count). The molecule has 66 valence electrons. The van der Waals surface area contributed by atoms with Crippen molar-refractivity contribution in [3.05, 3.63) is 36.1 Å². The summed E-state index contributed by atoms with van der Waals surface area (Å²) in [6.45, 7) is 1.93. The molecule has 0 aliphatic rings. The highest BCUT2D eigenvalue weighted by atomic mass is 16.5. The maximum Gasteiger partial charge on any atom is 0.360 e. The van der Waals surface area contributed by atoms with Gasteiger partial charge in [-0.25, -0.2) is 4.42 Å². The molecule has 2 heteroatoms. The van der Waals surface area contributed by atoms with Gasteiger partial charge < -0.3 is 4.74 Å². The first kappa shape index (κ1) is 8.05. The van der Waals surface area contributed by atoms with Gasteiger partial charge in [0.25, 0.3) is 0 Å². The van der Waals surface area contributed by atoms with E-state index in [1.165, 1.54) is 0 Å². The average Bonchev–Trinajstić information content (AvgIpc) is 2.17. The number of methoxy groups -OCH3 is 1. The molecule has 0 spiro atoms. The summed E-state index contributed by atoms with van der Waals surface area (Å²) < 4.78 is 10.6. The van der Waals surface area contributed by atoms with Crippen LogP contribution in [0.4, 0.5) is 0 Å². The molecule has 2 aromatic rings. The Labute approximate surface area is 76.8 Å². The molecule has 2 nitrogen and oxygen atoms in total. The zero-order valence-corrected chi connectivity index (χ0v) is 7.70. The van der Waals surface area contributed by atoms with Crippen molar-refractivity contribution in [2.45, 2.75) is 6.92 Å². The molecule has 0 atom stereocenters. The van der Waals surface area contributed by atoms with Crippen LogP contribution in [0, 0.1) is 6.92 Å². The summed E-state index contributed by atoms with van der Waals surface area (Å²) in [5, 5.41) is 1.06. The summed E-state index contributed by atoms with van der Waals surface area (Å²) in [5.41, 5.74) is 0.890. The lowest BCUT2D eigenvalue weighted by atomic mass is 10.2. The Bertz CT molecular complexity index is 435. The van der Waals surface area contributed by atoms with Gasteiger partial charge in [0.15, 0.2) is 0 Å². The molecule has 0 aliphatic carbocycles. The third kappa shape index (κ3) is 1.47. The summed E-state index contributed by atoms with van der Waals surface area (Å²) in [7, 11) is 1.66. The SMILES string of the molecule is COc1ccc2[o+]c(C)ccc2c1. The van der Waals surface area contributed by atoms with Gasteiger partial charge in [-0.05, 0) is 18.2 Å². The first-order chi connectivity index (χ1) is 6.29. The van der Waals surface area contributed by atoms with Gasteiger partial charge in [-0.2, -0.15) is 0 Å². The van der Waals surface area contributed by atoms with Crippen LogP contribution in [-0.4, -0.2) is 7.11 Å². The lowest BCUT2D eigenvalue weighted by Crippen LogP contribution is -1.82. The van der Waals surface area contributed by atoms with E-state index in [9.17, 15) is 0 Å². The second-order valence-corrected chi connectivity index (χ2v) is 2.95. The molecule has 1 aromatic carbocycles. The number of ether oxygens (including phenoxy) is 1. The van der Waals surface area contributed by atoms with Crippen LogP contribution < -0.4 is 4.74 Å². The van der Waals surface area contributed by atoms with Crippen molar-refractivity contribution < 1.29 is 9.15 Å². The molecular weight excluding hydrogens is 164 g/mol. The van der Waals surface area contributed by atoms with Gasteiger partial charge in [0.05, 0.1) is 19.4 Å². The van der Waals surface area contributed by atoms with Crippen molar-refractivity contribution in [1.29, 1.82) is 0 Å². The Morgan fingerprint density at radius 1 is 1.15 bits per heavy atom. The maximum atomic E-state index is 5.51. The second kappa shape index (κ2) is 3.05. The van der Waals surface area contributed by atoms with Gasteiger partial charge in [-0.3, -0.25) is 0 Å². The zero-order valence-electron chi connectivity index (χ0n) is 7.70. The highest BCUT2D eigenvalue weighted by Crippen LogP contribution is 2.21. The zero-order chi connectivity index (χ0) is 9.26. The van der Waals surface area contributed by atoms with Crippen LogP contribution in [0.1, 0.15) is 5.76 Å². The smallest absolute Gasteiger partial charge is 0.360 e. The Balaban J connectivity index is 2.66. The van der Waals surface area contributed by atoms with Crippen LogP contribution >= 0.6 is 0 Å². The average molecular weight is 175 g/mol. The van der Waals surface area contributed by atoms with Crippen molar-refractivity contribution in [3.63, 3.8) is 0 Å². The highest BCUT2D eigenvalue weighted by Gasteiger charge is 2.07. The molecule has 0 fully saturated rings. The fraction of sp³-hybridized carbons (Fsp3) is 0.182. The van der Waals surface area contributed by atoms with E-state index >= 15 is 0 Å². The molecule has 0 amide bonds. The minimum absolute atomic E-state index is 0.853. The molecule has 0 N–H and O–H groups in total. The minimum Gasteiger partial charge on any atom is -0.497 e. The number of rotatable bonds is 1. The van der Waals surface area contributed by atoms with E-state index in [4.69, 9.17) is 9.15 Å². The van der Waals surface area contributed by atoms with Crippen molar-refractivity contribution in [2.24, 2.45) is 0 Å². The van der Waals surface area contributed by atoms with Crippen molar-refractivity contribution in [1.82, 2.24) is 0 Å². The van der Waals surface area contributed by atoms with Crippen molar-refractivity contribution in [2.75, 3.05) is 7.11 Å². The van der Waals surface area contributed by atoms with E-state index < -0.39 is 0 Å².